The Hall–Kier alpha value is -2.28. The van der Waals surface area contributed by atoms with Gasteiger partial charge in [-0.15, -0.1) is 6.58 Å². The predicted octanol–water partition coefficient (Wildman–Crippen LogP) is 2.80. The fraction of sp³-hybridized carbons (Fsp3) is 0.267. The molecule has 2 rings (SSSR count). The Morgan fingerprint density at radius 3 is 2.59 bits per heavy atom. The van der Waals surface area contributed by atoms with Crippen LogP contribution in [0.15, 0.2) is 40.3 Å². The van der Waals surface area contributed by atoms with Gasteiger partial charge in [-0.2, -0.15) is 8.42 Å². The van der Waals surface area contributed by atoms with Crippen molar-refractivity contribution in [2.24, 2.45) is 0 Å². The summed E-state index contributed by atoms with van der Waals surface area (Å²) in [6, 6.07) is 5.01. The molecular formula is C15H17NO5S. The molecule has 0 amide bonds. The Balaban J connectivity index is 2.40. The maximum absolute atomic E-state index is 12.4. The minimum absolute atomic E-state index is 0.0651. The first-order valence-electron chi connectivity index (χ1n) is 6.54. The van der Waals surface area contributed by atoms with Gasteiger partial charge >= 0.3 is 10.1 Å². The molecule has 0 unspecified atom stereocenters. The summed E-state index contributed by atoms with van der Waals surface area (Å²) in [4.78, 5) is -0.0651. The molecule has 2 aromatic rings. The third-order valence-corrected chi connectivity index (χ3v) is 4.51. The number of ether oxygens (including phenoxy) is 1. The van der Waals surface area contributed by atoms with Gasteiger partial charge in [0.05, 0.1) is 7.11 Å². The molecular weight excluding hydrogens is 306 g/mol. The average molecular weight is 323 g/mol. The number of methoxy groups -OCH3 is 1. The highest BCUT2D eigenvalue weighted by molar-refractivity contribution is 7.87. The Bertz CT molecular complexity index is 773. The third kappa shape index (κ3) is 3.14. The number of hydrogen-bond donors (Lipinski definition) is 0. The van der Waals surface area contributed by atoms with E-state index >= 15 is 0 Å². The molecule has 0 bridgehead atoms. The SMILES string of the molecule is C=CCc1ccc(OS(=O)(=O)c2c(C)noc2C)c(OC)c1. The molecule has 0 aliphatic rings. The first-order valence-corrected chi connectivity index (χ1v) is 7.95. The summed E-state index contributed by atoms with van der Waals surface area (Å²) in [5.74, 6) is 0.616. The quantitative estimate of drug-likeness (QED) is 0.601. The second-order valence-electron chi connectivity index (χ2n) is 4.67. The van der Waals surface area contributed by atoms with Crippen LogP contribution < -0.4 is 8.92 Å². The van der Waals surface area contributed by atoms with Crippen LogP contribution in [-0.4, -0.2) is 20.7 Å². The fourth-order valence-corrected chi connectivity index (χ4v) is 3.31. The van der Waals surface area contributed by atoms with E-state index in [1.807, 2.05) is 0 Å². The second kappa shape index (κ2) is 6.23. The maximum atomic E-state index is 12.4. The zero-order chi connectivity index (χ0) is 16.3. The van der Waals surface area contributed by atoms with E-state index in [1.165, 1.54) is 21.0 Å². The van der Waals surface area contributed by atoms with Crippen LogP contribution in [0, 0.1) is 13.8 Å². The lowest BCUT2D eigenvalue weighted by Gasteiger charge is -2.11. The largest absolute Gasteiger partial charge is 0.493 e. The first kappa shape index (κ1) is 16.1. The first-order chi connectivity index (χ1) is 10.4. The molecule has 0 saturated carbocycles. The van der Waals surface area contributed by atoms with Crippen LogP contribution in [0.3, 0.4) is 0 Å². The highest BCUT2D eigenvalue weighted by atomic mass is 32.2. The zero-order valence-corrected chi connectivity index (χ0v) is 13.4. The van der Waals surface area contributed by atoms with Crippen LogP contribution in [0.5, 0.6) is 11.5 Å². The number of nitrogens with zero attached hydrogens (tertiary/aromatic N) is 1. The lowest BCUT2D eigenvalue weighted by atomic mass is 10.1. The number of aryl methyl sites for hydroxylation is 2. The van der Waals surface area contributed by atoms with Gasteiger partial charge in [-0.25, -0.2) is 0 Å². The molecule has 0 aliphatic heterocycles. The molecule has 7 heteroatoms. The molecule has 0 atom stereocenters. The molecule has 0 N–H and O–H groups in total. The number of benzene rings is 1. The van der Waals surface area contributed by atoms with Crippen LogP contribution in [0.2, 0.25) is 0 Å². The Kier molecular flexibility index (Phi) is 4.56. The van der Waals surface area contributed by atoms with Crippen LogP contribution in [0.4, 0.5) is 0 Å². The van der Waals surface area contributed by atoms with Gasteiger partial charge in [0.15, 0.2) is 22.2 Å². The maximum Gasteiger partial charge on any atom is 0.344 e. The van der Waals surface area contributed by atoms with Crippen molar-refractivity contribution in [3.63, 3.8) is 0 Å². The number of hydrogen-bond acceptors (Lipinski definition) is 6. The Morgan fingerprint density at radius 2 is 2.05 bits per heavy atom. The highest BCUT2D eigenvalue weighted by Gasteiger charge is 2.27. The van der Waals surface area contributed by atoms with Crippen LogP contribution in [0.25, 0.3) is 0 Å². The lowest BCUT2D eigenvalue weighted by Crippen LogP contribution is -2.12. The second-order valence-corrected chi connectivity index (χ2v) is 6.15. The van der Waals surface area contributed by atoms with Crippen LogP contribution >= 0.6 is 0 Å². The molecule has 6 nitrogen and oxygen atoms in total. The molecule has 22 heavy (non-hydrogen) atoms. The summed E-state index contributed by atoms with van der Waals surface area (Å²) in [5, 5.41) is 3.63. The Labute approximate surface area is 129 Å². The van der Waals surface area contributed by atoms with Gasteiger partial charge in [-0.1, -0.05) is 17.3 Å². The number of rotatable bonds is 6. The average Bonchev–Trinajstić information content (AvgIpc) is 2.80. The summed E-state index contributed by atoms with van der Waals surface area (Å²) in [7, 11) is -2.60. The van der Waals surface area contributed by atoms with Gasteiger partial charge in [0.1, 0.15) is 5.69 Å². The number of aromatic nitrogens is 1. The molecule has 1 aromatic carbocycles. The standard InChI is InChI=1S/C15H17NO5S/c1-5-6-12-7-8-13(14(9-12)19-4)21-22(17,18)15-10(2)16-20-11(15)3/h5,7-9H,1,6H2,2-4H3. The van der Waals surface area contributed by atoms with Crippen LogP contribution in [-0.2, 0) is 16.5 Å². The van der Waals surface area contributed by atoms with E-state index in [9.17, 15) is 8.42 Å². The van der Waals surface area contributed by atoms with Crippen molar-refractivity contribution in [1.82, 2.24) is 5.16 Å². The summed E-state index contributed by atoms with van der Waals surface area (Å²) < 4.78 is 40.0. The van der Waals surface area contributed by atoms with Crippen molar-refractivity contribution in [3.8, 4) is 11.5 Å². The van der Waals surface area contributed by atoms with E-state index in [0.717, 1.165) is 5.56 Å². The molecule has 0 aliphatic carbocycles. The third-order valence-electron chi connectivity index (χ3n) is 3.03. The van der Waals surface area contributed by atoms with Crippen molar-refractivity contribution in [3.05, 3.63) is 47.9 Å². The topological polar surface area (TPSA) is 78.6 Å². The van der Waals surface area contributed by atoms with E-state index in [-0.39, 0.29) is 22.1 Å². The van der Waals surface area contributed by atoms with Gasteiger partial charge < -0.3 is 13.4 Å². The van der Waals surface area contributed by atoms with Gasteiger partial charge in [0.2, 0.25) is 0 Å². The van der Waals surface area contributed by atoms with Crippen molar-refractivity contribution in [2.45, 2.75) is 25.2 Å². The van der Waals surface area contributed by atoms with E-state index in [0.29, 0.717) is 12.2 Å². The van der Waals surface area contributed by atoms with Crippen molar-refractivity contribution in [1.29, 1.82) is 0 Å². The van der Waals surface area contributed by atoms with E-state index in [2.05, 4.69) is 11.7 Å². The smallest absolute Gasteiger partial charge is 0.344 e. The predicted molar refractivity (Wildman–Crippen MR) is 80.7 cm³/mol. The summed E-state index contributed by atoms with van der Waals surface area (Å²) in [6.45, 7) is 6.71. The van der Waals surface area contributed by atoms with Gasteiger partial charge in [-0.05, 0) is 38.0 Å². The van der Waals surface area contributed by atoms with Gasteiger partial charge in [0.25, 0.3) is 0 Å². The minimum atomic E-state index is -4.05. The Morgan fingerprint density at radius 1 is 1.32 bits per heavy atom. The van der Waals surface area contributed by atoms with Crippen LogP contribution in [0.1, 0.15) is 17.0 Å². The molecule has 0 radical (unpaired) electrons. The van der Waals surface area contributed by atoms with Crippen molar-refractivity contribution < 1.29 is 21.9 Å². The monoisotopic (exact) mass is 323 g/mol. The highest BCUT2D eigenvalue weighted by Crippen LogP contribution is 2.32. The molecule has 0 fully saturated rings. The van der Waals surface area contributed by atoms with E-state index in [4.69, 9.17) is 13.4 Å². The van der Waals surface area contributed by atoms with E-state index in [1.54, 1.807) is 24.3 Å². The minimum Gasteiger partial charge on any atom is -0.493 e. The number of allylic oxidation sites excluding steroid dienone is 1. The summed E-state index contributed by atoms with van der Waals surface area (Å²) in [6.07, 6.45) is 2.39. The normalized spacial score (nSPS) is 11.2. The molecule has 0 spiro atoms. The van der Waals surface area contributed by atoms with Crippen molar-refractivity contribution in [2.75, 3.05) is 7.11 Å². The fourth-order valence-electron chi connectivity index (χ4n) is 2.07. The zero-order valence-electron chi connectivity index (χ0n) is 12.6. The summed E-state index contributed by atoms with van der Waals surface area (Å²) in [5.41, 5.74) is 1.19. The molecule has 118 valence electrons. The van der Waals surface area contributed by atoms with E-state index < -0.39 is 10.1 Å². The molecule has 1 heterocycles. The molecule has 0 saturated heterocycles. The van der Waals surface area contributed by atoms with Crippen molar-refractivity contribution >= 4 is 10.1 Å². The van der Waals surface area contributed by atoms with Gasteiger partial charge in [0, 0.05) is 0 Å². The lowest BCUT2D eigenvalue weighted by molar-refractivity contribution is 0.385. The van der Waals surface area contributed by atoms with Gasteiger partial charge in [-0.3, -0.25) is 0 Å². The summed E-state index contributed by atoms with van der Waals surface area (Å²) >= 11 is 0. The molecule has 1 aromatic heterocycles.